The molecule has 2 amide bonds. The zero-order valence-electron chi connectivity index (χ0n) is 13.9. The van der Waals surface area contributed by atoms with E-state index in [2.05, 4.69) is 24.5 Å². The van der Waals surface area contributed by atoms with Crippen LogP contribution >= 0.6 is 0 Å². The van der Waals surface area contributed by atoms with Crippen molar-refractivity contribution >= 4 is 11.7 Å². The van der Waals surface area contributed by atoms with Gasteiger partial charge in [0.15, 0.2) is 11.5 Å². The number of fused-ring (bicyclic) bond motifs is 1. The molecule has 2 aromatic carbocycles. The molecule has 1 aliphatic heterocycles. The average Bonchev–Trinajstić information content (AvgIpc) is 2.60. The normalized spacial score (nSPS) is 14.1. The summed E-state index contributed by atoms with van der Waals surface area (Å²) >= 11 is 0. The van der Waals surface area contributed by atoms with E-state index < -0.39 is 0 Å². The van der Waals surface area contributed by atoms with Crippen LogP contribution in [0.15, 0.2) is 48.5 Å². The summed E-state index contributed by atoms with van der Waals surface area (Å²) in [6.07, 6.45) is 0. The molecule has 126 valence electrons. The topological polar surface area (TPSA) is 59.6 Å². The molecule has 2 aromatic rings. The lowest BCUT2D eigenvalue weighted by atomic mass is 9.96. The summed E-state index contributed by atoms with van der Waals surface area (Å²) in [5.41, 5.74) is 1.76. The Kier molecular flexibility index (Phi) is 4.89. The summed E-state index contributed by atoms with van der Waals surface area (Å²) in [7, 11) is 0. The van der Waals surface area contributed by atoms with Crippen molar-refractivity contribution < 1.29 is 14.3 Å². The molecule has 0 radical (unpaired) electrons. The quantitative estimate of drug-likeness (QED) is 0.893. The molecule has 1 heterocycles. The zero-order chi connectivity index (χ0) is 16.9. The highest BCUT2D eigenvalue weighted by Gasteiger charge is 2.19. The standard InChI is InChI=1S/C19H22N2O3/c1-13(2)18(14-6-4-3-5-7-14)21-19(22)20-15-8-9-16-17(12-15)24-11-10-23-16/h3-9,12-13,18H,10-11H2,1-2H3,(H2,20,21,22). The molecule has 0 aliphatic carbocycles. The van der Waals surface area contributed by atoms with E-state index in [1.807, 2.05) is 30.3 Å². The van der Waals surface area contributed by atoms with Crippen LogP contribution in [-0.2, 0) is 0 Å². The maximum Gasteiger partial charge on any atom is 0.319 e. The zero-order valence-corrected chi connectivity index (χ0v) is 13.9. The molecule has 0 bridgehead atoms. The summed E-state index contributed by atoms with van der Waals surface area (Å²) in [5, 5.41) is 5.90. The predicted octanol–water partition coefficient (Wildman–Crippen LogP) is 3.98. The summed E-state index contributed by atoms with van der Waals surface area (Å²) in [4.78, 5) is 12.4. The van der Waals surface area contributed by atoms with Crippen molar-refractivity contribution in [3.8, 4) is 11.5 Å². The minimum atomic E-state index is -0.241. The van der Waals surface area contributed by atoms with Crippen LogP contribution in [0.1, 0.15) is 25.5 Å². The molecule has 0 fully saturated rings. The Labute approximate surface area is 142 Å². The summed E-state index contributed by atoms with van der Waals surface area (Å²) in [5.74, 6) is 1.64. The molecule has 0 saturated heterocycles. The molecular formula is C19H22N2O3. The fraction of sp³-hybridized carbons (Fsp3) is 0.316. The van der Waals surface area contributed by atoms with Crippen LogP contribution in [0.25, 0.3) is 0 Å². The molecular weight excluding hydrogens is 304 g/mol. The fourth-order valence-corrected chi connectivity index (χ4v) is 2.72. The van der Waals surface area contributed by atoms with Crippen molar-refractivity contribution in [3.05, 3.63) is 54.1 Å². The van der Waals surface area contributed by atoms with Crippen LogP contribution in [-0.4, -0.2) is 19.2 Å². The summed E-state index contributed by atoms with van der Waals surface area (Å²) < 4.78 is 11.0. The fourth-order valence-electron chi connectivity index (χ4n) is 2.72. The summed E-state index contributed by atoms with van der Waals surface area (Å²) in [6, 6.07) is 15.1. The van der Waals surface area contributed by atoms with Gasteiger partial charge in [0.2, 0.25) is 0 Å². The number of hydrogen-bond donors (Lipinski definition) is 2. The van der Waals surface area contributed by atoms with Crippen molar-refractivity contribution in [1.29, 1.82) is 0 Å². The first-order chi connectivity index (χ1) is 11.6. The minimum Gasteiger partial charge on any atom is -0.486 e. The van der Waals surface area contributed by atoms with E-state index in [0.29, 0.717) is 30.4 Å². The van der Waals surface area contributed by atoms with Crippen LogP contribution in [0.2, 0.25) is 0 Å². The Morgan fingerprint density at radius 1 is 1.00 bits per heavy atom. The van der Waals surface area contributed by atoms with Gasteiger partial charge in [-0.1, -0.05) is 44.2 Å². The molecule has 0 aromatic heterocycles. The number of anilines is 1. The number of ether oxygens (including phenoxy) is 2. The Morgan fingerprint density at radius 3 is 2.42 bits per heavy atom. The molecule has 2 N–H and O–H groups in total. The maximum atomic E-state index is 12.4. The first-order valence-corrected chi connectivity index (χ1v) is 8.15. The molecule has 1 aliphatic rings. The number of benzene rings is 2. The van der Waals surface area contributed by atoms with Crippen molar-refractivity contribution in [2.75, 3.05) is 18.5 Å². The Morgan fingerprint density at radius 2 is 1.71 bits per heavy atom. The van der Waals surface area contributed by atoms with Crippen LogP contribution in [0, 0.1) is 5.92 Å². The van der Waals surface area contributed by atoms with Gasteiger partial charge >= 0.3 is 6.03 Å². The SMILES string of the molecule is CC(C)C(NC(=O)Nc1ccc2c(c1)OCCO2)c1ccccc1. The molecule has 0 spiro atoms. The van der Waals surface area contributed by atoms with Gasteiger partial charge in [-0.2, -0.15) is 0 Å². The molecule has 1 unspecified atom stereocenters. The Hall–Kier alpha value is -2.69. The number of amides is 2. The molecule has 24 heavy (non-hydrogen) atoms. The van der Waals surface area contributed by atoms with E-state index in [-0.39, 0.29) is 18.0 Å². The van der Waals surface area contributed by atoms with Gasteiger partial charge in [-0.3, -0.25) is 0 Å². The maximum absolute atomic E-state index is 12.4. The number of urea groups is 1. The molecule has 5 nitrogen and oxygen atoms in total. The van der Waals surface area contributed by atoms with E-state index in [1.54, 1.807) is 18.2 Å². The number of carbonyl (C=O) groups excluding carboxylic acids is 1. The lowest BCUT2D eigenvalue weighted by Crippen LogP contribution is -2.35. The van der Waals surface area contributed by atoms with Crippen LogP contribution < -0.4 is 20.1 Å². The Balaban J connectivity index is 1.68. The van der Waals surface area contributed by atoms with E-state index >= 15 is 0 Å². The van der Waals surface area contributed by atoms with E-state index in [1.165, 1.54) is 0 Å². The van der Waals surface area contributed by atoms with Crippen molar-refractivity contribution in [2.45, 2.75) is 19.9 Å². The van der Waals surface area contributed by atoms with Gasteiger partial charge in [-0.05, 0) is 23.6 Å². The largest absolute Gasteiger partial charge is 0.486 e. The highest BCUT2D eigenvalue weighted by Crippen LogP contribution is 2.32. The third kappa shape index (κ3) is 3.79. The van der Waals surface area contributed by atoms with Gasteiger partial charge < -0.3 is 20.1 Å². The number of carbonyl (C=O) groups is 1. The molecule has 5 heteroatoms. The molecule has 0 saturated carbocycles. The van der Waals surface area contributed by atoms with Crippen molar-refractivity contribution in [3.63, 3.8) is 0 Å². The van der Waals surface area contributed by atoms with Gasteiger partial charge in [0.1, 0.15) is 13.2 Å². The highest BCUT2D eigenvalue weighted by molar-refractivity contribution is 5.90. The first kappa shape index (κ1) is 16.2. The second-order valence-corrected chi connectivity index (χ2v) is 6.09. The summed E-state index contributed by atoms with van der Waals surface area (Å²) in [6.45, 7) is 5.24. The third-order valence-electron chi connectivity index (χ3n) is 3.91. The third-order valence-corrected chi connectivity index (χ3v) is 3.91. The lowest BCUT2D eigenvalue weighted by molar-refractivity contribution is 0.171. The molecule has 1 atom stereocenters. The Bertz CT molecular complexity index is 701. The number of nitrogens with one attached hydrogen (secondary N) is 2. The monoisotopic (exact) mass is 326 g/mol. The number of hydrogen-bond acceptors (Lipinski definition) is 3. The highest BCUT2D eigenvalue weighted by atomic mass is 16.6. The second kappa shape index (κ2) is 7.25. The average molecular weight is 326 g/mol. The van der Waals surface area contributed by atoms with Crippen LogP contribution in [0.5, 0.6) is 11.5 Å². The van der Waals surface area contributed by atoms with Crippen molar-refractivity contribution in [2.24, 2.45) is 5.92 Å². The van der Waals surface area contributed by atoms with E-state index in [4.69, 9.17) is 9.47 Å². The number of rotatable bonds is 4. The van der Waals surface area contributed by atoms with E-state index in [0.717, 1.165) is 5.56 Å². The predicted molar refractivity (Wildman–Crippen MR) is 93.6 cm³/mol. The van der Waals surface area contributed by atoms with Crippen LogP contribution in [0.4, 0.5) is 10.5 Å². The van der Waals surface area contributed by atoms with Gasteiger partial charge in [0.25, 0.3) is 0 Å². The van der Waals surface area contributed by atoms with Crippen molar-refractivity contribution in [1.82, 2.24) is 5.32 Å². The smallest absolute Gasteiger partial charge is 0.319 e. The van der Waals surface area contributed by atoms with Gasteiger partial charge in [-0.25, -0.2) is 4.79 Å². The first-order valence-electron chi connectivity index (χ1n) is 8.15. The second-order valence-electron chi connectivity index (χ2n) is 6.09. The molecule has 3 rings (SSSR count). The van der Waals surface area contributed by atoms with E-state index in [9.17, 15) is 4.79 Å². The van der Waals surface area contributed by atoms with Gasteiger partial charge in [0.05, 0.1) is 6.04 Å². The minimum absolute atomic E-state index is 0.0524. The lowest BCUT2D eigenvalue weighted by Gasteiger charge is -2.23. The van der Waals surface area contributed by atoms with Crippen LogP contribution in [0.3, 0.4) is 0 Å². The van der Waals surface area contributed by atoms with Gasteiger partial charge in [-0.15, -0.1) is 0 Å². The van der Waals surface area contributed by atoms with Gasteiger partial charge in [0, 0.05) is 11.8 Å².